The molecule has 244 valence electrons. The van der Waals surface area contributed by atoms with E-state index < -0.39 is 5.91 Å². The van der Waals surface area contributed by atoms with Crippen molar-refractivity contribution in [1.29, 1.82) is 0 Å². The Hall–Kier alpha value is -6.30. The molecule has 0 aliphatic rings. The number of fused-ring (bicyclic) bond motifs is 1. The Kier molecular flexibility index (Phi) is 10.2. The summed E-state index contributed by atoms with van der Waals surface area (Å²) < 4.78 is 8.07. The van der Waals surface area contributed by atoms with Gasteiger partial charge in [-0.2, -0.15) is 0 Å². The van der Waals surface area contributed by atoms with E-state index in [1.54, 1.807) is 53.2 Å². The molecule has 2 aromatic carbocycles. The molecule has 0 aliphatic heterocycles. The number of rotatable bonds is 11. The summed E-state index contributed by atoms with van der Waals surface area (Å²) in [6.07, 6.45) is 6.24. The monoisotopic (exact) mass is 645 g/mol. The van der Waals surface area contributed by atoms with Crippen molar-refractivity contribution in [3.63, 3.8) is 0 Å². The highest BCUT2D eigenvalue weighted by Crippen LogP contribution is 2.29. The molecule has 0 spiro atoms. The number of carbonyl (C=O) groups is 4. The van der Waals surface area contributed by atoms with Crippen molar-refractivity contribution < 1.29 is 23.9 Å². The van der Waals surface area contributed by atoms with Gasteiger partial charge in [-0.1, -0.05) is 24.3 Å². The SMILES string of the molecule is CNC(=O)c1ccc(/C=C/C(=O)NCc2cccn2-c2ccc(C(=O)NC)c(COc3cccc4ccc(C)nc34)c2C(=O)NC)cn1. The van der Waals surface area contributed by atoms with Gasteiger partial charge in [-0.25, -0.2) is 4.98 Å². The van der Waals surface area contributed by atoms with Gasteiger partial charge in [-0.05, 0) is 61.0 Å². The van der Waals surface area contributed by atoms with Gasteiger partial charge in [0.25, 0.3) is 17.7 Å². The van der Waals surface area contributed by atoms with Crippen LogP contribution < -0.4 is 26.0 Å². The summed E-state index contributed by atoms with van der Waals surface area (Å²) in [5, 5.41) is 11.6. The first-order chi connectivity index (χ1) is 23.2. The van der Waals surface area contributed by atoms with Gasteiger partial charge >= 0.3 is 0 Å². The van der Waals surface area contributed by atoms with Gasteiger partial charge in [0.2, 0.25) is 5.91 Å². The first-order valence-electron chi connectivity index (χ1n) is 15.1. The van der Waals surface area contributed by atoms with Crippen molar-refractivity contribution in [2.75, 3.05) is 21.1 Å². The summed E-state index contributed by atoms with van der Waals surface area (Å²) in [7, 11) is 4.57. The minimum Gasteiger partial charge on any atom is -0.487 e. The fourth-order valence-electron chi connectivity index (χ4n) is 5.17. The number of nitrogens with one attached hydrogen (secondary N) is 4. The molecular weight excluding hydrogens is 610 g/mol. The summed E-state index contributed by atoms with van der Waals surface area (Å²) in [6.45, 7) is 1.94. The maximum Gasteiger partial charge on any atom is 0.269 e. The molecule has 0 unspecified atom stereocenters. The van der Waals surface area contributed by atoms with Gasteiger partial charge in [0.15, 0.2) is 0 Å². The molecule has 0 fully saturated rings. The van der Waals surface area contributed by atoms with E-state index in [0.29, 0.717) is 33.8 Å². The van der Waals surface area contributed by atoms with Crippen LogP contribution in [0.3, 0.4) is 0 Å². The highest BCUT2D eigenvalue weighted by atomic mass is 16.5. The number of hydrogen-bond acceptors (Lipinski definition) is 7. The third kappa shape index (κ3) is 7.23. The Morgan fingerprint density at radius 3 is 2.38 bits per heavy atom. The average Bonchev–Trinajstić information content (AvgIpc) is 3.59. The van der Waals surface area contributed by atoms with Crippen molar-refractivity contribution >= 4 is 40.6 Å². The molecule has 0 atom stereocenters. The van der Waals surface area contributed by atoms with Crippen molar-refractivity contribution in [3.05, 3.63) is 125 Å². The van der Waals surface area contributed by atoms with E-state index in [-0.39, 0.29) is 47.7 Å². The number of amides is 4. The molecule has 3 aromatic heterocycles. The van der Waals surface area contributed by atoms with Crippen LogP contribution in [0.15, 0.2) is 85.2 Å². The molecule has 0 aliphatic carbocycles. The molecule has 0 bridgehead atoms. The standard InChI is InChI=1S/C36H35N7O5/c1-22-10-13-24-7-5-9-30(33(24)42-22)48-21-27-26(34(45)37-2)14-16-29(32(27)36(47)39-4)43-18-6-8-25(43)20-41-31(44)17-12-23-11-15-28(40-19-23)35(46)38-3/h5-19H,20-21H2,1-4H3,(H,37,45)(H,38,46)(H,39,47)(H,41,44)/b17-12+. The Balaban J connectivity index is 1.43. The quantitative estimate of drug-likeness (QED) is 0.160. The maximum absolute atomic E-state index is 13.5. The Labute approximate surface area is 277 Å². The van der Waals surface area contributed by atoms with Gasteiger partial charge in [-0.3, -0.25) is 24.2 Å². The maximum atomic E-state index is 13.5. The normalized spacial score (nSPS) is 10.9. The van der Waals surface area contributed by atoms with E-state index >= 15 is 0 Å². The molecule has 3 heterocycles. The van der Waals surface area contributed by atoms with Crippen LogP contribution in [-0.2, 0) is 17.9 Å². The van der Waals surface area contributed by atoms with Crippen molar-refractivity contribution in [3.8, 4) is 11.4 Å². The number of aryl methyl sites for hydroxylation is 1. The molecule has 5 rings (SSSR count). The second-order valence-corrected chi connectivity index (χ2v) is 10.7. The highest BCUT2D eigenvalue weighted by Gasteiger charge is 2.24. The predicted molar refractivity (Wildman–Crippen MR) is 182 cm³/mol. The number of benzene rings is 2. The number of hydrogen-bond donors (Lipinski definition) is 4. The molecule has 48 heavy (non-hydrogen) atoms. The first-order valence-corrected chi connectivity index (χ1v) is 15.1. The van der Waals surface area contributed by atoms with Crippen LogP contribution in [-0.4, -0.2) is 59.3 Å². The number of nitrogens with zero attached hydrogens (tertiary/aromatic N) is 3. The number of pyridine rings is 2. The minimum absolute atomic E-state index is 0.0921. The molecule has 12 heteroatoms. The summed E-state index contributed by atoms with van der Waals surface area (Å²) in [6, 6.07) is 19.7. The average molecular weight is 646 g/mol. The zero-order valence-corrected chi connectivity index (χ0v) is 27.0. The zero-order valence-electron chi connectivity index (χ0n) is 27.0. The lowest BCUT2D eigenvalue weighted by Crippen LogP contribution is -2.27. The summed E-state index contributed by atoms with van der Waals surface area (Å²) in [4.78, 5) is 59.7. The van der Waals surface area contributed by atoms with Crippen LogP contribution in [0.1, 0.15) is 53.7 Å². The van der Waals surface area contributed by atoms with Crippen LogP contribution >= 0.6 is 0 Å². The number of aromatic nitrogens is 3. The van der Waals surface area contributed by atoms with Crippen LogP contribution in [0, 0.1) is 6.92 Å². The van der Waals surface area contributed by atoms with E-state index in [4.69, 9.17) is 4.74 Å². The molecule has 4 amide bonds. The second-order valence-electron chi connectivity index (χ2n) is 10.7. The Bertz CT molecular complexity index is 2030. The molecule has 4 N–H and O–H groups in total. The van der Waals surface area contributed by atoms with Gasteiger partial charge in [0.1, 0.15) is 23.6 Å². The van der Waals surface area contributed by atoms with Crippen LogP contribution in [0.5, 0.6) is 5.75 Å². The van der Waals surface area contributed by atoms with E-state index in [0.717, 1.165) is 11.1 Å². The molecule has 0 saturated carbocycles. The largest absolute Gasteiger partial charge is 0.487 e. The Morgan fingerprint density at radius 2 is 1.65 bits per heavy atom. The molecule has 0 saturated heterocycles. The van der Waals surface area contributed by atoms with Gasteiger partial charge in [-0.15, -0.1) is 0 Å². The lowest BCUT2D eigenvalue weighted by molar-refractivity contribution is -0.116. The fraction of sp³-hybridized carbons (Fsp3) is 0.167. The number of ether oxygens (including phenoxy) is 1. The first kappa shape index (κ1) is 33.1. The van der Waals surface area contributed by atoms with Gasteiger partial charge in [0.05, 0.1) is 17.8 Å². The van der Waals surface area contributed by atoms with E-state index in [1.807, 2.05) is 37.3 Å². The fourth-order valence-corrected chi connectivity index (χ4v) is 5.17. The topological polar surface area (TPSA) is 156 Å². The zero-order chi connectivity index (χ0) is 34.2. The summed E-state index contributed by atoms with van der Waals surface area (Å²) >= 11 is 0. The van der Waals surface area contributed by atoms with Gasteiger partial charge < -0.3 is 30.6 Å². The molecule has 5 aromatic rings. The van der Waals surface area contributed by atoms with Crippen molar-refractivity contribution in [1.82, 2.24) is 35.8 Å². The van der Waals surface area contributed by atoms with Gasteiger partial charge in [0, 0.05) is 67.5 Å². The van der Waals surface area contributed by atoms with Crippen LogP contribution in [0.25, 0.3) is 22.7 Å². The van der Waals surface area contributed by atoms with Crippen LogP contribution in [0.4, 0.5) is 0 Å². The predicted octanol–water partition coefficient (Wildman–Crippen LogP) is 3.72. The summed E-state index contributed by atoms with van der Waals surface area (Å²) in [5.41, 5.74) is 4.53. The lowest BCUT2D eigenvalue weighted by Gasteiger charge is -2.20. The number of carbonyl (C=O) groups excluding carboxylic acids is 4. The van der Waals surface area contributed by atoms with E-state index in [9.17, 15) is 19.2 Å². The molecular formula is C36H35N7O5. The van der Waals surface area contributed by atoms with Crippen LogP contribution in [0.2, 0.25) is 0 Å². The molecule has 12 nitrogen and oxygen atoms in total. The third-order valence-corrected chi connectivity index (χ3v) is 7.62. The summed E-state index contributed by atoms with van der Waals surface area (Å²) in [5.74, 6) is -0.923. The van der Waals surface area contributed by atoms with Crippen molar-refractivity contribution in [2.24, 2.45) is 0 Å². The number of para-hydroxylation sites is 1. The molecule has 0 radical (unpaired) electrons. The third-order valence-electron chi connectivity index (χ3n) is 7.62. The van der Waals surface area contributed by atoms with E-state index in [1.165, 1.54) is 33.4 Å². The van der Waals surface area contributed by atoms with Crippen molar-refractivity contribution in [2.45, 2.75) is 20.1 Å². The lowest BCUT2D eigenvalue weighted by atomic mass is 9.97. The smallest absolute Gasteiger partial charge is 0.269 e. The van der Waals surface area contributed by atoms with E-state index in [2.05, 4.69) is 31.2 Å². The Morgan fingerprint density at radius 1 is 0.854 bits per heavy atom. The minimum atomic E-state index is -0.413. The second kappa shape index (κ2) is 14.9. The highest BCUT2D eigenvalue weighted by molar-refractivity contribution is 6.04.